The Balaban J connectivity index is 1.86. The van der Waals surface area contributed by atoms with Crippen LogP contribution in [0.5, 0.6) is 0 Å². The van der Waals surface area contributed by atoms with Gasteiger partial charge in [-0.05, 0) is 0 Å². The van der Waals surface area contributed by atoms with Crippen molar-refractivity contribution in [3.05, 3.63) is 0 Å². The number of sulfone groups is 1. The number of rotatable bonds is 1. The maximum Gasteiger partial charge on any atom is 0.160 e. The summed E-state index contributed by atoms with van der Waals surface area (Å²) in [6.07, 6.45) is 0. The standard InChI is InChI=1S/C8H11BrN2O2S2/c9-1-5-2-11-7-4-15(12,13)3-6(7)10-8(11)14-5/h5-7H,1-4H2/t5-,6+,7+/m0/s1. The van der Waals surface area contributed by atoms with Gasteiger partial charge in [0, 0.05) is 17.1 Å². The average Bonchev–Trinajstić information content (AvgIpc) is 2.72. The molecule has 3 atom stereocenters. The molecule has 3 rings (SSSR count). The molecule has 0 aromatic rings. The van der Waals surface area contributed by atoms with E-state index in [0.29, 0.717) is 11.0 Å². The number of nitrogens with zero attached hydrogens (tertiary/aromatic N) is 2. The van der Waals surface area contributed by atoms with E-state index in [9.17, 15) is 8.42 Å². The van der Waals surface area contributed by atoms with E-state index in [-0.39, 0.29) is 17.8 Å². The lowest BCUT2D eigenvalue weighted by molar-refractivity contribution is 0.361. The quantitative estimate of drug-likeness (QED) is 0.655. The number of halogens is 1. The second kappa shape index (κ2) is 3.37. The van der Waals surface area contributed by atoms with Gasteiger partial charge in [0.25, 0.3) is 0 Å². The van der Waals surface area contributed by atoms with Crippen LogP contribution in [0.25, 0.3) is 0 Å². The summed E-state index contributed by atoms with van der Waals surface area (Å²) in [4.78, 5) is 6.70. The third-order valence-electron chi connectivity index (χ3n) is 3.06. The zero-order valence-electron chi connectivity index (χ0n) is 7.97. The first-order valence-electron chi connectivity index (χ1n) is 4.86. The van der Waals surface area contributed by atoms with Crippen LogP contribution in [0.1, 0.15) is 0 Å². The van der Waals surface area contributed by atoms with Gasteiger partial charge in [-0.2, -0.15) is 0 Å². The monoisotopic (exact) mass is 310 g/mol. The number of hydrogen-bond donors (Lipinski definition) is 0. The summed E-state index contributed by atoms with van der Waals surface area (Å²) >= 11 is 5.23. The highest BCUT2D eigenvalue weighted by molar-refractivity contribution is 9.09. The fraction of sp³-hybridized carbons (Fsp3) is 0.875. The van der Waals surface area contributed by atoms with Gasteiger partial charge >= 0.3 is 0 Å². The Hall–Kier alpha value is 0.250. The minimum atomic E-state index is -2.84. The fourth-order valence-electron chi connectivity index (χ4n) is 2.39. The van der Waals surface area contributed by atoms with Gasteiger partial charge in [0.05, 0.1) is 23.6 Å². The van der Waals surface area contributed by atoms with Crippen LogP contribution in [0.3, 0.4) is 0 Å². The van der Waals surface area contributed by atoms with Crippen molar-refractivity contribution in [1.29, 1.82) is 0 Å². The van der Waals surface area contributed by atoms with Gasteiger partial charge in [-0.3, -0.25) is 4.99 Å². The molecule has 0 unspecified atom stereocenters. The smallest absolute Gasteiger partial charge is 0.160 e. The van der Waals surface area contributed by atoms with Crippen LogP contribution in [-0.4, -0.2) is 59.2 Å². The number of thioether (sulfide) groups is 1. The molecule has 0 aromatic carbocycles. The van der Waals surface area contributed by atoms with Crippen LogP contribution in [0.15, 0.2) is 4.99 Å². The van der Waals surface area contributed by atoms with E-state index in [0.717, 1.165) is 17.0 Å². The zero-order chi connectivity index (χ0) is 10.6. The molecule has 0 N–H and O–H groups in total. The summed E-state index contributed by atoms with van der Waals surface area (Å²) in [5.41, 5.74) is 0. The summed E-state index contributed by atoms with van der Waals surface area (Å²) in [6.45, 7) is 0.936. The van der Waals surface area contributed by atoms with E-state index in [2.05, 4.69) is 25.8 Å². The van der Waals surface area contributed by atoms with E-state index < -0.39 is 9.84 Å². The minimum absolute atomic E-state index is 0.00813. The van der Waals surface area contributed by atoms with E-state index in [4.69, 9.17) is 0 Å². The Kier molecular flexibility index (Phi) is 2.34. The molecule has 0 saturated carbocycles. The Morgan fingerprint density at radius 2 is 2.33 bits per heavy atom. The molecular formula is C8H11BrN2O2S2. The molecule has 0 aromatic heterocycles. The topological polar surface area (TPSA) is 49.7 Å². The number of fused-ring (bicyclic) bond motifs is 3. The molecule has 0 spiro atoms. The van der Waals surface area contributed by atoms with E-state index in [1.54, 1.807) is 11.8 Å². The maximum absolute atomic E-state index is 11.5. The van der Waals surface area contributed by atoms with E-state index in [1.165, 1.54) is 0 Å². The van der Waals surface area contributed by atoms with Crippen molar-refractivity contribution in [3.63, 3.8) is 0 Å². The summed E-state index contributed by atoms with van der Waals surface area (Å²) in [6, 6.07) is 0.135. The highest BCUT2D eigenvalue weighted by Gasteiger charge is 2.49. The molecule has 4 nitrogen and oxygen atoms in total. The largest absolute Gasteiger partial charge is 0.344 e. The summed E-state index contributed by atoms with van der Waals surface area (Å²) < 4.78 is 22.9. The number of aliphatic imine (C=N–C) groups is 1. The molecule has 2 fully saturated rings. The lowest BCUT2D eigenvalue weighted by Gasteiger charge is -2.20. The van der Waals surface area contributed by atoms with Crippen molar-refractivity contribution in [1.82, 2.24) is 4.90 Å². The van der Waals surface area contributed by atoms with Gasteiger partial charge in [-0.1, -0.05) is 27.7 Å². The van der Waals surface area contributed by atoms with Crippen molar-refractivity contribution >= 4 is 42.7 Å². The molecule has 3 aliphatic heterocycles. The maximum atomic E-state index is 11.5. The molecule has 0 aliphatic carbocycles. The Morgan fingerprint density at radius 3 is 3.07 bits per heavy atom. The van der Waals surface area contributed by atoms with Crippen LogP contribution >= 0.6 is 27.7 Å². The van der Waals surface area contributed by atoms with Crippen LogP contribution < -0.4 is 0 Å². The van der Waals surface area contributed by atoms with Gasteiger partial charge in [0.15, 0.2) is 15.0 Å². The second-order valence-electron chi connectivity index (χ2n) is 4.17. The molecule has 84 valence electrons. The van der Waals surface area contributed by atoms with Gasteiger partial charge in [-0.15, -0.1) is 0 Å². The summed E-state index contributed by atoms with van der Waals surface area (Å²) in [5, 5.41) is 2.52. The van der Waals surface area contributed by atoms with Crippen molar-refractivity contribution in [2.24, 2.45) is 4.99 Å². The van der Waals surface area contributed by atoms with Crippen molar-refractivity contribution < 1.29 is 8.42 Å². The second-order valence-corrected chi connectivity index (χ2v) is 8.24. The Morgan fingerprint density at radius 1 is 1.53 bits per heavy atom. The van der Waals surface area contributed by atoms with Gasteiger partial charge < -0.3 is 4.90 Å². The molecule has 0 radical (unpaired) electrons. The average molecular weight is 311 g/mol. The number of amidine groups is 1. The van der Waals surface area contributed by atoms with Crippen molar-refractivity contribution in [2.45, 2.75) is 17.3 Å². The van der Waals surface area contributed by atoms with Gasteiger partial charge in [-0.25, -0.2) is 8.42 Å². The normalized spacial score (nSPS) is 41.5. The predicted octanol–water partition coefficient (Wildman–Crippen LogP) is 0.334. The predicted molar refractivity (Wildman–Crippen MR) is 65.5 cm³/mol. The third-order valence-corrected chi connectivity index (χ3v) is 7.17. The molecular weight excluding hydrogens is 300 g/mol. The van der Waals surface area contributed by atoms with E-state index in [1.807, 2.05) is 0 Å². The molecule has 7 heteroatoms. The molecule has 0 bridgehead atoms. The summed E-state index contributed by atoms with van der Waals surface area (Å²) in [5.74, 6) is 0.539. The fourth-order valence-corrected chi connectivity index (χ4v) is 6.00. The first-order chi connectivity index (χ1) is 7.09. The highest BCUT2D eigenvalue weighted by atomic mass is 79.9. The Bertz CT molecular complexity index is 422. The van der Waals surface area contributed by atoms with Crippen LogP contribution in [0.2, 0.25) is 0 Å². The first kappa shape index (κ1) is 10.4. The van der Waals surface area contributed by atoms with Gasteiger partial charge in [0.1, 0.15) is 0 Å². The van der Waals surface area contributed by atoms with Crippen LogP contribution in [0, 0.1) is 0 Å². The molecule has 15 heavy (non-hydrogen) atoms. The van der Waals surface area contributed by atoms with Crippen molar-refractivity contribution in [2.75, 3.05) is 23.4 Å². The lowest BCUT2D eigenvalue weighted by atomic mass is 10.2. The molecule has 2 saturated heterocycles. The minimum Gasteiger partial charge on any atom is -0.344 e. The molecule has 3 heterocycles. The van der Waals surface area contributed by atoms with Crippen molar-refractivity contribution in [3.8, 4) is 0 Å². The van der Waals surface area contributed by atoms with Crippen LogP contribution in [-0.2, 0) is 9.84 Å². The lowest BCUT2D eigenvalue weighted by Crippen LogP contribution is -2.38. The number of alkyl halides is 1. The SMILES string of the molecule is O=S1(=O)C[C@@H]2[C@@H](C1)N=C1S[C@@H](CBr)CN12. The zero-order valence-corrected chi connectivity index (χ0v) is 11.2. The van der Waals surface area contributed by atoms with Crippen LogP contribution in [0.4, 0.5) is 0 Å². The highest BCUT2D eigenvalue weighted by Crippen LogP contribution is 2.38. The molecule has 0 amide bonds. The van der Waals surface area contributed by atoms with E-state index >= 15 is 0 Å². The first-order valence-corrected chi connectivity index (χ1v) is 8.69. The summed E-state index contributed by atoms with van der Waals surface area (Å²) in [7, 11) is -2.84. The molecule has 3 aliphatic rings. The Labute approximate surface area is 102 Å². The van der Waals surface area contributed by atoms with Gasteiger partial charge in [0.2, 0.25) is 0 Å². The third kappa shape index (κ3) is 1.63. The number of hydrogen-bond acceptors (Lipinski definition) is 5.